The van der Waals surface area contributed by atoms with Crippen LogP contribution in [0.3, 0.4) is 0 Å². The fourth-order valence-electron chi connectivity index (χ4n) is 3.02. The number of nitrogens with one attached hydrogen (secondary N) is 1. The summed E-state index contributed by atoms with van der Waals surface area (Å²) in [5.74, 6) is 0. The lowest BCUT2D eigenvalue weighted by Gasteiger charge is -2.36. The second-order valence-corrected chi connectivity index (χ2v) is 6.16. The van der Waals surface area contributed by atoms with E-state index >= 15 is 0 Å². The Balaban J connectivity index is 2.14. The SMILES string of the molecule is CCCn1ncc(N(C)C2CCC(NC)CC2)c(Cl)c1=O. The van der Waals surface area contributed by atoms with Gasteiger partial charge in [0.25, 0.3) is 5.56 Å². The molecule has 1 heterocycles. The Kier molecular flexibility index (Phi) is 5.65. The third-order valence-electron chi connectivity index (χ3n) is 4.43. The van der Waals surface area contributed by atoms with E-state index in [4.69, 9.17) is 11.6 Å². The molecule has 0 unspecified atom stereocenters. The zero-order chi connectivity index (χ0) is 15.4. The number of hydrogen-bond donors (Lipinski definition) is 1. The molecule has 1 saturated carbocycles. The fourth-order valence-corrected chi connectivity index (χ4v) is 3.30. The van der Waals surface area contributed by atoms with Gasteiger partial charge in [0.05, 0.1) is 11.9 Å². The normalized spacial score (nSPS) is 22.3. The van der Waals surface area contributed by atoms with Crippen LogP contribution in [0.4, 0.5) is 5.69 Å². The number of aryl methyl sites for hydroxylation is 1. The number of aromatic nitrogens is 2. The lowest BCUT2D eigenvalue weighted by atomic mass is 9.90. The molecule has 0 spiro atoms. The van der Waals surface area contributed by atoms with Crippen molar-refractivity contribution in [3.8, 4) is 0 Å². The van der Waals surface area contributed by atoms with E-state index in [9.17, 15) is 4.79 Å². The molecule has 0 amide bonds. The highest BCUT2D eigenvalue weighted by atomic mass is 35.5. The summed E-state index contributed by atoms with van der Waals surface area (Å²) in [5, 5.41) is 7.87. The first-order valence-corrected chi connectivity index (χ1v) is 8.12. The lowest BCUT2D eigenvalue weighted by molar-refractivity contribution is 0.351. The van der Waals surface area contributed by atoms with Crippen molar-refractivity contribution in [3.05, 3.63) is 21.6 Å². The third-order valence-corrected chi connectivity index (χ3v) is 4.79. The van der Waals surface area contributed by atoms with Crippen LogP contribution in [-0.2, 0) is 6.54 Å². The van der Waals surface area contributed by atoms with E-state index in [1.54, 1.807) is 6.20 Å². The second-order valence-electron chi connectivity index (χ2n) is 5.78. The molecule has 1 aromatic heterocycles. The summed E-state index contributed by atoms with van der Waals surface area (Å²) in [7, 11) is 4.03. The van der Waals surface area contributed by atoms with Crippen molar-refractivity contribution in [2.24, 2.45) is 0 Å². The van der Waals surface area contributed by atoms with Crippen LogP contribution in [0.1, 0.15) is 39.0 Å². The molecule has 1 aliphatic carbocycles. The van der Waals surface area contributed by atoms with Crippen LogP contribution < -0.4 is 15.8 Å². The molecular formula is C15H25ClN4O. The van der Waals surface area contributed by atoms with Gasteiger partial charge in [-0.25, -0.2) is 4.68 Å². The zero-order valence-corrected chi connectivity index (χ0v) is 13.9. The summed E-state index contributed by atoms with van der Waals surface area (Å²) in [4.78, 5) is 14.3. The highest BCUT2D eigenvalue weighted by Gasteiger charge is 2.25. The van der Waals surface area contributed by atoms with Crippen LogP contribution in [-0.4, -0.2) is 36.0 Å². The molecule has 5 nitrogen and oxygen atoms in total. The average molecular weight is 313 g/mol. The zero-order valence-electron chi connectivity index (χ0n) is 13.1. The topological polar surface area (TPSA) is 50.2 Å². The first-order valence-electron chi connectivity index (χ1n) is 7.74. The van der Waals surface area contributed by atoms with Crippen LogP contribution in [0.5, 0.6) is 0 Å². The third kappa shape index (κ3) is 3.58. The number of hydrogen-bond acceptors (Lipinski definition) is 4. The highest BCUT2D eigenvalue weighted by Crippen LogP contribution is 2.28. The van der Waals surface area contributed by atoms with Gasteiger partial charge in [0.2, 0.25) is 0 Å². The molecule has 0 aromatic carbocycles. The minimum atomic E-state index is -0.188. The maximum atomic E-state index is 12.2. The van der Waals surface area contributed by atoms with Crippen molar-refractivity contribution < 1.29 is 0 Å². The second kappa shape index (κ2) is 7.27. The summed E-state index contributed by atoms with van der Waals surface area (Å²) in [6.07, 6.45) is 7.12. The van der Waals surface area contributed by atoms with E-state index in [0.717, 1.165) is 37.8 Å². The Bertz CT molecular complexity index is 523. The molecule has 2 rings (SSSR count). The van der Waals surface area contributed by atoms with Gasteiger partial charge >= 0.3 is 0 Å². The van der Waals surface area contributed by atoms with E-state index in [1.165, 1.54) is 4.68 Å². The maximum absolute atomic E-state index is 12.2. The molecule has 0 radical (unpaired) electrons. The molecule has 1 aliphatic rings. The number of rotatable bonds is 5. The molecule has 0 aliphatic heterocycles. The lowest BCUT2D eigenvalue weighted by Crippen LogP contribution is -2.40. The maximum Gasteiger partial charge on any atom is 0.287 e. The summed E-state index contributed by atoms with van der Waals surface area (Å²) in [5.41, 5.74) is 0.564. The van der Waals surface area contributed by atoms with Gasteiger partial charge in [-0.05, 0) is 39.2 Å². The van der Waals surface area contributed by atoms with Crippen molar-refractivity contribution in [3.63, 3.8) is 0 Å². The van der Waals surface area contributed by atoms with Gasteiger partial charge in [-0.1, -0.05) is 18.5 Å². The molecule has 1 N–H and O–H groups in total. The van der Waals surface area contributed by atoms with E-state index in [1.807, 2.05) is 21.0 Å². The summed E-state index contributed by atoms with van der Waals surface area (Å²) in [6, 6.07) is 1.04. The molecule has 1 aromatic rings. The summed E-state index contributed by atoms with van der Waals surface area (Å²) < 4.78 is 1.44. The van der Waals surface area contributed by atoms with Crippen LogP contribution in [0.15, 0.2) is 11.0 Å². The van der Waals surface area contributed by atoms with Crippen LogP contribution >= 0.6 is 11.6 Å². The molecule has 0 atom stereocenters. The predicted octanol–water partition coefficient (Wildman–Crippen LogP) is 2.27. The molecular weight excluding hydrogens is 288 g/mol. The number of nitrogens with zero attached hydrogens (tertiary/aromatic N) is 3. The van der Waals surface area contributed by atoms with Gasteiger partial charge in [0.15, 0.2) is 0 Å². The smallest absolute Gasteiger partial charge is 0.287 e. The summed E-state index contributed by atoms with van der Waals surface area (Å²) >= 11 is 6.28. The van der Waals surface area contributed by atoms with Gasteiger partial charge < -0.3 is 10.2 Å². The van der Waals surface area contributed by atoms with Gasteiger partial charge in [-0.3, -0.25) is 4.79 Å². The quantitative estimate of drug-likeness (QED) is 0.906. The minimum Gasteiger partial charge on any atom is -0.369 e. The van der Waals surface area contributed by atoms with Crippen molar-refractivity contribution in [2.75, 3.05) is 19.0 Å². The Morgan fingerprint density at radius 2 is 2.10 bits per heavy atom. The first-order chi connectivity index (χ1) is 10.1. The Labute approximate surface area is 131 Å². The Hall–Kier alpha value is -1.07. The van der Waals surface area contributed by atoms with Crippen molar-refractivity contribution in [1.29, 1.82) is 0 Å². The van der Waals surface area contributed by atoms with Gasteiger partial charge in [0, 0.05) is 25.7 Å². The molecule has 21 heavy (non-hydrogen) atoms. The molecule has 6 heteroatoms. The molecule has 1 fully saturated rings. The Morgan fingerprint density at radius 3 is 2.67 bits per heavy atom. The van der Waals surface area contributed by atoms with Gasteiger partial charge in [0.1, 0.15) is 5.02 Å². The largest absolute Gasteiger partial charge is 0.369 e. The van der Waals surface area contributed by atoms with Gasteiger partial charge in [-0.15, -0.1) is 0 Å². The first kappa shape index (κ1) is 16.3. The standard InChI is InChI=1S/C15H25ClN4O/c1-4-9-20-15(21)14(16)13(10-18-20)19(3)12-7-5-11(17-2)6-8-12/h10-12,17H,4-9H2,1-3H3. The van der Waals surface area contributed by atoms with Crippen LogP contribution in [0.2, 0.25) is 5.02 Å². The number of halogens is 1. The van der Waals surface area contributed by atoms with E-state index in [0.29, 0.717) is 18.6 Å². The van der Waals surface area contributed by atoms with Crippen LogP contribution in [0, 0.1) is 0 Å². The average Bonchev–Trinajstić information content (AvgIpc) is 2.52. The molecule has 0 saturated heterocycles. The van der Waals surface area contributed by atoms with Crippen molar-refractivity contribution in [2.45, 2.75) is 57.7 Å². The van der Waals surface area contributed by atoms with E-state index < -0.39 is 0 Å². The van der Waals surface area contributed by atoms with Crippen LogP contribution in [0.25, 0.3) is 0 Å². The van der Waals surface area contributed by atoms with Gasteiger partial charge in [-0.2, -0.15) is 5.10 Å². The predicted molar refractivity (Wildman–Crippen MR) is 87.3 cm³/mol. The molecule has 0 bridgehead atoms. The van der Waals surface area contributed by atoms with E-state index in [-0.39, 0.29) is 10.6 Å². The van der Waals surface area contributed by atoms with Crippen molar-refractivity contribution >= 4 is 17.3 Å². The monoisotopic (exact) mass is 312 g/mol. The minimum absolute atomic E-state index is 0.188. The number of anilines is 1. The van der Waals surface area contributed by atoms with E-state index in [2.05, 4.69) is 15.3 Å². The highest BCUT2D eigenvalue weighted by molar-refractivity contribution is 6.33. The Morgan fingerprint density at radius 1 is 1.43 bits per heavy atom. The fraction of sp³-hybridized carbons (Fsp3) is 0.733. The van der Waals surface area contributed by atoms with Crippen molar-refractivity contribution in [1.82, 2.24) is 15.1 Å². The molecule has 118 valence electrons. The summed E-state index contributed by atoms with van der Waals surface area (Å²) in [6.45, 7) is 2.62.